The van der Waals surface area contributed by atoms with Crippen LogP contribution in [0.4, 0.5) is 5.69 Å². The molecule has 4 heteroatoms. The second kappa shape index (κ2) is 5.10. The van der Waals surface area contributed by atoms with Gasteiger partial charge in [-0.05, 0) is 50.1 Å². The van der Waals surface area contributed by atoms with E-state index in [-0.39, 0.29) is 0 Å². The summed E-state index contributed by atoms with van der Waals surface area (Å²) in [5, 5.41) is 0. The number of anilines is 1. The zero-order chi connectivity index (χ0) is 13.4. The van der Waals surface area contributed by atoms with Crippen LogP contribution in [0.2, 0.25) is 0 Å². The molecule has 0 spiro atoms. The van der Waals surface area contributed by atoms with Crippen molar-refractivity contribution in [1.29, 1.82) is 0 Å². The van der Waals surface area contributed by atoms with E-state index in [0.29, 0.717) is 4.99 Å². The highest BCUT2D eigenvalue weighted by Crippen LogP contribution is 2.26. The fraction of sp³-hybridized carbons (Fsp3) is 0.533. The summed E-state index contributed by atoms with van der Waals surface area (Å²) in [7, 11) is 0. The van der Waals surface area contributed by atoms with E-state index in [9.17, 15) is 0 Å². The highest BCUT2D eigenvalue weighted by molar-refractivity contribution is 7.80. The first-order chi connectivity index (χ1) is 9.15. The van der Waals surface area contributed by atoms with Crippen LogP contribution >= 0.6 is 12.2 Å². The van der Waals surface area contributed by atoms with Crippen molar-refractivity contribution in [3.63, 3.8) is 0 Å². The molecular weight excluding hydrogens is 254 g/mol. The fourth-order valence-corrected chi connectivity index (χ4v) is 3.58. The Labute approximate surface area is 120 Å². The van der Waals surface area contributed by atoms with Crippen molar-refractivity contribution in [2.45, 2.75) is 25.8 Å². The molecule has 102 valence electrons. The number of nitrogens with zero attached hydrogens (tertiary/aromatic N) is 2. The van der Waals surface area contributed by atoms with Crippen LogP contribution in [0.15, 0.2) is 18.2 Å². The van der Waals surface area contributed by atoms with E-state index >= 15 is 0 Å². The Balaban J connectivity index is 1.79. The van der Waals surface area contributed by atoms with E-state index in [4.69, 9.17) is 18.0 Å². The van der Waals surface area contributed by atoms with Crippen molar-refractivity contribution in [3.05, 3.63) is 29.3 Å². The Morgan fingerprint density at radius 1 is 1.32 bits per heavy atom. The van der Waals surface area contributed by atoms with Gasteiger partial charge in [0.15, 0.2) is 0 Å². The molecule has 1 unspecified atom stereocenters. The van der Waals surface area contributed by atoms with Gasteiger partial charge < -0.3 is 10.6 Å². The number of benzene rings is 1. The van der Waals surface area contributed by atoms with Crippen LogP contribution in [0.25, 0.3) is 0 Å². The van der Waals surface area contributed by atoms with Gasteiger partial charge in [-0.3, -0.25) is 4.90 Å². The summed E-state index contributed by atoms with van der Waals surface area (Å²) in [6.07, 6.45) is 2.71. The summed E-state index contributed by atoms with van der Waals surface area (Å²) < 4.78 is 0. The molecule has 2 fully saturated rings. The maximum atomic E-state index is 5.72. The lowest BCUT2D eigenvalue weighted by Crippen LogP contribution is -2.50. The minimum atomic E-state index is 0.490. The molecule has 2 heterocycles. The van der Waals surface area contributed by atoms with Crippen molar-refractivity contribution in [2.24, 2.45) is 5.73 Å². The lowest BCUT2D eigenvalue weighted by atomic mass is 10.1. The molecule has 1 atom stereocenters. The van der Waals surface area contributed by atoms with Gasteiger partial charge in [-0.25, -0.2) is 0 Å². The van der Waals surface area contributed by atoms with Gasteiger partial charge in [0.05, 0.1) is 0 Å². The monoisotopic (exact) mass is 275 g/mol. The molecular formula is C15H21N3S. The summed E-state index contributed by atoms with van der Waals surface area (Å²) in [6, 6.07) is 7.20. The summed E-state index contributed by atoms with van der Waals surface area (Å²) >= 11 is 5.07. The molecule has 0 aromatic heterocycles. The van der Waals surface area contributed by atoms with Gasteiger partial charge in [0.25, 0.3) is 0 Å². The molecule has 0 radical (unpaired) electrons. The number of hydrogen-bond donors (Lipinski definition) is 1. The zero-order valence-electron chi connectivity index (χ0n) is 11.4. The van der Waals surface area contributed by atoms with Crippen LogP contribution in [-0.4, -0.2) is 42.1 Å². The quantitative estimate of drug-likeness (QED) is 0.836. The average molecular weight is 275 g/mol. The molecule has 1 aromatic carbocycles. The molecule has 2 aliphatic rings. The van der Waals surface area contributed by atoms with E-state index in [1.165, 1.54) is 37.2 Å². The SMILES string of the molecule is Cc1cc(N2CCN3CCCC3C2)ccc1C(N)=S. The normalized spacial score (nSPS) is 23.4. The first-order valence-electron chi connectivity index (χ1n) is 7.04. The number of fused-ring (bicyclic) bond motifs is 1. The van der Waals surface area contributed by atoms with Crippen LogP contribution < -0.4 is 10.6 Å². The van der Waals surface area contributed by atoms with Gasteiger partial charge in [-0.15, -0.1) is 0 Å². The Hall–Kier alpha value is -1.13. The second-order valence-electron chi connectivity index (χ2n) is 5.64. The van der Waals surface area contributed by atoms with E-state index < -0.39 is 0 Å². The highest BCUT2D eigenvalue weighted by atomic mass is 32.1. The highest BCUT2D eigenvalue weighted by Gasteiger charge is 2.30. The molecule has 0 saturated carbocycles. The summed E-state index contributed by atoms with van der Waals surface area (Å²) in [4.78, 5) is 5.62. The molecule has 2 N–H and O–H groups in total. The largest absolute Gasteiger partial charge is 0.389 e. The molecule has 2 saturated heterocycles. The number of piperazine rings is 1. The van der Waals surface area contributed by atoms with Gasteiger partial charge >= 0.3 is 0 Å². The topological polar surface area (TPSA) is 32.5 Å². The third kappa shape index (κ3) is 2.47. The Bertz CT molecular complexity index is 500. The van der Waals surface area contributed by atoms with Crippen LogP contribution in [-0.2, 0) is 0 Å². The molecule has 1 aromatic rings. The number of thiocarbonyl (C=S) groups is 1. The molecule has 3 rings (SSSR count). The Morgan fingerprint density at radius 2 is 2.16 bits per heavy atom. The molecule has 0 aliphatic carbocycles. The predicted octanol–water partition coefficient (Wildman–Crippen LogP) is 1.91. The van der Waals surface area contributed by atoms with Crippen molar-refractivity contribution in [1.82, 2.24) is 4.90 Å². The number of hydrogen-bond acceptors (Lipinski definition) is 3. The number of nitrogens with two attached hydrogens (primary N) is 1. The van der Waals surface area contributed by atoms with Crippen LogP contribution in [0.5, 0.6) is 0 Å². The maximum Gasteiger partial charge on any atom is 0.104 e. The summed E-state index contributed by atoms with van der Waals surface area (Å²) in [6.45, 7) is 6.86. The second-order valence-corrected chi connectivity index (χ2v) is 6.08. The van der Waals surface area contributed by atoms with Gasteiger partial charge in [0.2, 0.25) is 0 Å². The van der Waals surface area contributed by atoms with Crippen molar-refractivity contribution >= 4 is 22.9 Å². The third-order valence-electron chi connectivity index (χ3n) is 4.43. The Morgan fingerprint density at radius 3 is 2.89 bits per heavy atom. The fourth-order valence-electron chi connectivity index (χ4n) is 3.35. The van der Waals surface area contributed by atoms with E-state index in [1.807, 2.05) is 0 Å². The molecule has 0 bridgehead atoms. The average Bonchev–Trinajstić information content (AvgIpc) is 2.85. The summed E-state index contributed by atoms with van der Waals surface area (Å²) in [5.74, 6) is 0. The first kappa shape index (κ1) is 12.9. The standard InChI is InChI=1S/C15H21N3S/c1-11-9-12(4-5-14(11)15(16)19)18-8-7-17-6-2-3-13(17)10-18/h4-5,9,13H,2-3,6-8,10H2,1H3,(H2,16,19). The predicted molar refractivity (Wildman–Crippen MR) is 83.9 cm³/mol. The third-order valence-corrected chi connectivity index (χ3v) is 4.65. The Kier molecular flexibility index (Phi) is 3.46. The van der Waals surface area contributed by atoms with Gasteiger partial charge in [0, 0.05) is 36.9 Å². The van der Waals surface area contributed by atoms with E-state index in [1.54, 1.807) is 0 Å². The smallest absolute Gasteiger partial charge is 0.104 e. The summed E-state index contributed by atoms with van der Waals surface area (Å²) in [5.41, 5.74) is 9.21. The number of aryl methyl sites for hydroxylation is 1. The van der Waals surface area contributed by atoms with Crippen molar-refractivity contribution in [3.8, 4) is 0 Å². The number of rotatable bonds is 2. The lowest BCUT2D eigenvalue weighted by molar-refractivity contribution is 0.231. The maximum absolute atomic E-state index is 5.72. The lowest BCUT2D eigenvalue weighted by Gasteiger charge is -2.39. The molecule has 0 amide bonds. The van der Waals surface area contributed by atoms with Crippen LogP contribution in [0.3, 0.4) is 0 Å². The van der Waals surface area contributed by atoms with Gasteiger partial charge in [0.1, 0.15) is 4.99 Å². The van der Waals surface area contributed by atoms with Gasteiger partial charge in [-0.2, -0.15) is 0 Å². The minimum Gasteiger partial charge on any atom is -0.389 e. The minimum absolute atomic E-state index is 0.490. The van der Waals surface area contributed by atoms with E-state index in [2.05, 4.69) is 34.9 Å². The molecule has 3 nitrogen and oxygen atoms in total. The molecule has 2 aliphatic heterocycles. The first-order valence-corrected chi connectivity index (χ1v) is 7.45. The van der Waals surface area contributed by atoms with E-state index in [0.717, 1.165) is 24.7 Å². The zero-order valence-corrected chi connectivity index (χ0v) is 12.2. The van der Waals surface area contributed by atoms with Crippen LogP contribution in [0, 0.1) is 6.92 Å². The van der Waals surface area contributed by atoms with Gasteiger partial charge in [-0.1, -0.05) is 12.2 Å². The van der Waals surface area contributed by atoms with Crippen molar-refractivity contribution in [2.75, 3.05) is 31.1 Å². The van der Waals surface area contributed by atoms with Crippen molar-refractivity contribution < 1.29 is 0 Å². The van der Waals surface area contributed by atoms with Crippen LogP contribution in [0.1, 0.15) is 24.0 Å². The molecule has 19 heavy (non-hydrogen) atoms.